The molecule has 0 radical (unpaired) electrons. The average Bonchev–Trinajstić information content (AvgIpc) is 2.28. The lowest BCUT2D eigenvalue weighted by Crippen LogP contribution is -2.26. The van der Waals surface area contributed by atoms with Gasteiger partial charge in [-0.3, -0.25) is 10.1 Å². The van der Waals surface area contributed by atoms with E-state index in [1.165, 1.54) is 12.1 Å². The topological polar surface area (TPSA) is 75.4 Å². The Bertz CT molecular complexity index is 380. The number of nitro groups is 1. The number of anilines is 1. The lowest BCUT2D eigenvalue weighted by Gasteiger charge is -2.22. The van der Waals surface area contributed by atoms with Crippen molar-refractivity contribution in [3.63, 3.8) is 0 Å². The number of hydrogen-bond acceptors (Lipinski definition) is 4. The highest BCUT2D eigenvalue weighted by Gasteiger charge is 2.13. The highest BCUT2D eigenvalue weighted by atomic mass is 16.6. The minimum atomic E-state index is -0.415. The molecule has 0 spiro atoms. The van der Waals surface area contributed by atoms with E-state index >= 15 is 0 Å². The normalized spacial score (nSPS) is 12.5. The van der Waals surface area contributed by atoms with Crippen LogP contribution in [0.15, 0.2) is 24.3 Å². The molecule has 5 nitrogen and oxygen atoms in total. The number of nitrogens with one attached hydrogen (secondary N) is 1. The third-order valence-electron chi connectivity index (χ3n) is 2.65. The highest BCUT2D eigenvalue weighted by Crippen LogP contribution is 2.20. The maximum absolute atomic E-state index is 10.6. The fraction of sp³-hybridized carbons (Fsp3) is 0.500. The number of nitro benzene ring substituents is 1. The molecule has 1 rings (SSSR count). The van der Waals surface area contributed by atoms with Gasteiger partial charge in [0.1, 0.15) is 0 Å². The van der Waals surface area contributed by atoms with Crippen molar-refractivity contribution in [2.24, 2.45) is 5.92 Å². The quantitative estimate of drug-likeness (QED) is 0.589. The zero-order chi connectivity index (χ0) is 12.8. The minimum absolute atomic E-state index is 0.0708. The molecule has 1 unspecified atom stereocenters. The molecule has 0 aliphatic heterocycles. The first-order valence-corrected chi connectivity index (χ1v) is 5.66. The molecule has 1 atom stereocenters. The molecule has 0 aliphatic carbocycles. The summed E-state index contributed by atoms with van der Waals surface area (Å²) in [4.78, 5) is 10.2. The molecule has 0 heterocycles. The van der Waals surface area contributed by atoms with Crippen molar-refractivity contribution in [3.05, 3.63) is 34.4 Å². The Kier molecular flexibility index (Phi) is 4.90. The third kappa shape index (κ3) is 4.03. The van der Waals surface area contributed by atoms with E-state index in [-0.39, 0.29) is 18.3 Å². The molecule has 1 aromatic carbocycles. The van der Waals surface area contributed by atoms with Gasteiger partial charge in [0, 0.05) is 30.5 Å². The molecule has 0 amide bonds. The smallest absolute Gasteiger partial charge is 0.271 e. The average molecular weight is 238 g/mol. The molecular formula is C12H18N2O3. The number of rotatable bonds is 6. The Morgan fingerprint density at radius 3 is 2.71 bits per heavy atom. The SMILES string of the molecule is CC(C)C(CCO)Nc1cccc([N+](=O)[O-])c1. The summed E-state index contributed by atoms with van der Waals surface area (Å²) >= 11 is 0. The summed E-state index contributed by atoms with van der Waals surface area (Å²) in [6.45, 7) is 4.19. The monoisotopic (exact) mass is 238 g/mol. The largest absolute Gasteiger partial charge is 0.396 e. The molecule has 0 bridgehead atoms. The van der Waals surface area contributed by atoms with Gasteiger partial charge < -0.3 is 10.4 Å². The first kappa shape index (κ1) is 13.4. The van der Waals surface area contributed by atoms with E-state index in [9.17, 15) is 10.1 Å². The molecule has 2 N–H and O–H groups in total. The van der Waals surface area contributed by atoms with Gasteiger partial charge in [0.05, 0.1) is 4.92 Å². The standard InChI is InChI=1S/C12H18N2O3/c1-9(2)12(6-7-15)13-10-4-3-5-11(8-10)14(16)17/h3-5,8-9,12-13,15H,6-7H2,1-2H3. The van der Waals surface area contributed by atoms with Crippen molar-refractivity contribution in [2.75, 3.05) is 11.9 Å². The second-order valence-corrected chi connectivity index (χ2v) is 4.31. The van der Waals surface area contributed by atoms with E-state index < -0.39 is 4.92 Å². The van der Waals surface area contributed by atoms with Crippen LogP contribution >= 0.6 is 0 Å². The van der Waals surface area contributed by atoms with E-state index in [0.717, 1.165) is 0 Å². The molecule has 17 heavy (non-hydrogen) atoms. The zero-order valence-corrected chi connectivity index (χ0v) is 10.1. The van der Waals surface area contributed by atoms with Crippen LogP contribution in [0.25, 0.3) is 0 Å². The molecule has 94 valence electrons. The molecule has 1 aromatic rings. The van der Waals surface area contributed by atoms with Crippen LogP contribution in [-0.4, -0.2) is 22.7 Å². The number of nitrogens with zero attached hydrogens (tertiary/aromatic N) is 1. The second-order valence-electron chi connectivity index (χ2n) is 4.31. The van der Waals surface area contributed by atoms with Gasteiger partial charge in [-0.15, -0.1) is 0 Å². The number of aliphatic hydroxyl groups excluding tert-OH is 1. The van der Waals surface area contributed by atoms with E-state index in [2.05, 4.69) is 5.32 Å². The maximum Gasteiger partial charge on any atom is 0.271 e. The summed E-state index contributed by atoms with van der Waals surface area (Å²) in [7, 11) is 0. The Hall–Kier alpha value is -1.62. The van der Waals surface area contributed by atoms with Crippen molar-refractivity contribution in [1.82, 2.24) is 0 Å². The Morgan fingerprint density at radius 2 is 2.18 bits per heavy atom. The Labute approximate surface area is 101 Å². The lowest BCUT2D eigenvalue weighted by molar-refractivity contribution is -0.384. The van der Waals surface area contributed by atoms with Crippen LogP contribution in [0.1, 0.15) is 20.3 Å². The summed E-state index contributed by atoms with van der Waals surface area (Å²) in [6, 6.07) is 6.52. The Morgan fingerprint density at radius 1 is 1.47 bits per heavy atom. The van der Waals surface area contributed by atoms with Gasteiger partial charge in [-0.05, 0) is 18.4 Å². The minimum Gasteiger partial charge on any atom is -0.396 e. The van der Waals surface area contributed by atoms with Gasteiger partial charge in [-0.25, -0.2) is 0 Å². The molecule has 5 heteroatoms. The van der Waals surface area contributed by atoms with E-state index in [4.69, 9.17) is 5.11 Å². The third-order valence-corrected chi connectivity index (χ3v) is 2.65. The van der Waals surface area contributed by atoms with Gasteiger partial charge in [0.2, 0.25) is 0 Å². The van der Waals surface area contributed by atoms with Crippen molar-refractivity contribution in [2.45, 2.75) is 26.3 Å². The van der Waals surface area contributed by atoms with Crippen LogP contribution in [-0.2, 0) is 0 Å². The van der Waals surface area contributed by atoms with Crippen molar-refractivity contribution >= 4 is 11.4 Å². The number of hydrogen-bond donors (Lipinski definition) is 2. The van der Waals surface area contributed by atoms with E-state index in [1.54, 1.807) is 12.1 Å². The summed E-state index contributed by atoms with van der Waals surface area (Å²) in [6.07, 6.45) is 0.625. The molecule has 0 saturated carbocycles. The fourth-order valence-electron chi connectivity index (χ4n) is 1.63. The molecule has 0 fully saturated rings. The predicted molar refractivity (Wildman–Crippen MR) is 67.0 cm³/mol. The van der Waals surface area contributed by atoms with Crippen molar-refractivity contribution in [1.29, 1.82) is 0 Å². The molecular weight excluding hydrogens is 220 g/mol. The van der Waals surface area contributed by atoms with Crippen LogP contribution in [0.5, 0.6) is 0 Å². The van der Waals surface area contributed by atoms with Crippen LogP contribution in [0.2, 0.25) is 0 Å². The first-order chi connectivity index (χ1) is 8.04. The fourth-order valence-corrected chi connectivity index (χ4v) is 1.63. The maximum atomic E-state index is 10.6. The molecule has 0 aromatic heterocycles. The van der Waals surface area contributed by atoms with Crippen molar-refractivity contribution < 1.29 is 10.0 Å². The van der Waals surface area contributed by atoms with Crippen LogP contribution in [0.4, 0.5) is 11.4 Å². The summed E-state index contributed by atoms with van der Waals surface area (Å²) in [5.41, 5.74) is 0.785. The number of aliphatic hydroxyl groups is 1. The predicted octanol–water partition coefficient (Wildman–Crippen LogP) is 2.41. The summed E-state index contributed by atoms with van der Waals surface area (Å²) in [5.74, 6) is 0.349. The highest BCUT2D eigenvalue weighted by molar-refractivity contribution is 5.51. The summed E-state index contributed by atoms with van der Waals surface area (Å²) in [5, 5.41) is 22.8. The molecule has 0 saturated heterocycles. The van der Waals surface area contributed by atoms with Gasteiger partial charge in [-0.1, -0.05) is 19.9 Å². The number of non-ortho nitro benzene ring substituents is 1. The molecule has 0 aliphatic rings. The van der Waals surface area contributed by atoms with Gasteiger partial charge in [0.25, 0.3) is 5.69 Å². The van der Waals surface area contributed by atoms with Gasteiger partial charge in [0.15, 0.2) is 0 Å². The summed E-state index contributed by atoms with van der Waals surface area (Å²) < 4.78 is 0. The van der Waals surface area contributed by atoms with Gasteiger partial charge >= 0.3 is 0 Å². The van der Waals surface area contributed by atoms with E-state index in [0.29, 0.717) is 18.0 Å². The van der Waals surface area contributed by atoms with Crippen LogP contribution < -0.4 is 5.32 Å². The van der Waals surface area contributed by atoms with Crippen LogP contribution in [0, 0.1) is 16.0 Å². The first-order valence-electron chi connectivity index (χ1n) is 5.66. The lowest BCUT2D eigenvalue weighted by atomic mass is 10.0. The second kappa shape index (κ2) is 6.20. The number of benzene rings is 1. The van der Waals surface area contributed by atoms with Crippen LogP contribution in [0.3, 0.4) is 0 Å². The van der Waals surface area contributed by atoms with E-state index in [1.807, 2.05) is 13.8 Å². The Balaban J connectivity index is 2.78. The zero-order valence-electron chi connectivity index (χ0n) is 10.1. The van der Waals surface area contributed by atoms with Crippen molar-refractivity contribution in [3.8, 4) is 0 Å². The van der Waals surface area contributed by atoms with Gasteiger partial charge in [-0.2, -0.15) is 0 Å².